The molecule has 6 nitrogen and oxygen atoms in total. The lowest BCUT2D eigenvalue weighted by molar-refractivity contribution is -0.116. The SMILES string of the molecule is Cc1ccc(N)cc1NC(=O)CCN1CCCS1(=O)=O. The Labute approximate surface area is 119 Å². The van der Waals surface area contributed by atoms with Crippen LogP contribution in [0.2, 0.25) is 0 Å². The third-order valence-electron chi connectivity index (χ3n) is 3.33. The molecule has 0 aromatic heterocycles. The van der Waals surface area contributed by atoms with Gasteiger partial charge in [0.2, 0.25) is 15.9 Å². The molecule has 0 unspecified atom stereocenters. The first-order valence-electron chi connectivity index (χ1n) is 6.52. The van der Waals surface area contributed by atoms with Crippen LogP contribution in [0, 0.1) is 6.92 Å². The lowest BCUT2D eigenvalue weighted by Crippen LogP contribution is -2.29. The van der Waals surface area contributed by atoms with Crippen LogP contribution in [0.25, 0.3) is 0 Å². The Kier molecular flexibility index (Phi) is 4.29. The molecule has 110 valence electrons. The average molecular weight is 297 g/mol. The second-order valence-corrected chi connectivity index (χ2v) is 7.03. The number of nitrogens with two attached hydrogens (primary N) is 1. The Morgan fingerprint density at radius 1 is 1.45 bits per heavy atom. The Bertz CT molecular complexity index is 613. The molecule has 3 N–H and O–H groups in total. The van der Waals surface area contributed by atoms with Gasteiger partial charge >= 0.3 is 0 Å². The molecule has 0 spiro atoms. The monoisotopic (exact) mass is 297 g/mol. The van der Waals surface area contributed by atoms with Crippen molar-refractivity contribution < 1.29 is 13.2 Å². The fourth-order valence-corrected chi connectivity index (χ4v) is 3.68. The van der Waals surface area contributed by atoms with E-state index in [1.807, 2.05) is 13.0 Å². The number of nitrogens with zero attached hydrogens (tertiary/aromatic N) is 1. The molecule has 0 bridgehead atoms. The van der Waals surface area contributed by atoms with Gasteiger partial charge in [0.15, 0.2) is 0 Å². The lowest BCUT2D eigenvalue weighted by atomic mass is 10.2. The molecular formula is C13H19N3O3S. The first-order chi connectivity index (χ1) is 9.38. The van der Waals surface area contributed by atoms with E-state index in [4.69, 9.17) is 5.73 Å². The summed E-state index contributed by atoms with van der Waals surface area (Å²) in [5.41, 5.74) is 7.83. The minimum Gasteiger partial charge on any atom is -0.399 e. The van der Waals surface area contributed by atoms with Crippen molar-refractivity contribution in [2.75, 3.05) is 29.9 Å². The smallest absolute Gasteiger partial charge is 0.225 e. The van der Waals surface area contributed by atoms with Crippen molar-refractivity contribution >= 4 is 27.3 Å². The minimum absolute atomic E-state index is 0.146. The largest absolute Gasteiger partial charge is 0.399 e. The summed E-state index contributed by atoms with van der Waals surface area (Å²) < 4.78 is 24.6. The fraction of sp³-hybridized carbons (Fsp3) is 0.462. The zero-order valence-electron chi connectivity index (χ0n) is 11.4. The summed E-state index contributed by atoms with van der Waals surface area (Å²) in [6.07, 6.45) is 0.783. The minimum atomic E-state index is -3.14. The Hall–Kier alpha value is -1.60. The van der Waals surface area contributed by atoms with E-state index in [9.17, 15) is 13.2 Å². The maximum absolute atomic E-state index is 11.9. The quantitative estimate of drug-likeness (QED) is 0.809. The van der Waals surface area contributed by atoms with Gasteiger partial charge in [-0.15, -0.1) is 0 Å². The van der Waals surface area contributed by atoms with Crippen molar-refractivity contribution in [1.82, 2.24) is 4.31 Å². The molecule has 1 amide bonds. The number of nitrogen functional groups attached to an aromatic ring is 1. The van der Waals surface area contributed by atoms with E-state index in [0.717, 1.165) is 5.56 Å². The van der Waals surface area contributed by atoms with Crippen molar-refractivity contribution in [3.8, 4) is 0 Å². The second kappa shape index (κ2) is 5.80. The average Bonchev–Trinajstić information content (AvgIpc) is 2.70. The van der Waals surface area contributed by atoms with E-state index >= 15 is 0 Å². The highest BCUT2D eigenvalue weighted by Crippen LogP contribution is 2.19. The molecule has 1 fully saturated rings. The number of rotatable bonds is 4. The van der Waals surface area contributed by atoms with Crippen molar-refractivity contribution in [2.45, 2.75) is 19.8 Å². The van der Waals surface area contributed by atoms with Crippen LogP contribution in [0.1, 0.15) is 18.4 Å². The Morgan fingerprint density at radius 3 is 2.85 bits per heavy atom. The summed E-state index contributed by atoms with van der Waals surface area (Å²) in [6, 6.07) is 5.29. The van der Waals surface area contributed by atoms with E-state index in [1.54, 1.807) is 12.1 Å². The Balaban J connectivity index is 1.91. The van der Waals surface area contributed by atoms with Gasteiger partial charge in [0, 0.05) is 30.9 Å². The number of benzene rings is 1. The van der Waals surface area contributed by atoms with Gasteiger partial charge < -0.3 is 11.1 Å². The number of anilines is 2. The maximum atomic E-state index is 11.9. The first-order valence-corrected chi connectivity index (χ1v) is 8.13. The summed E-state index contributed by atoms with van der Waals surface area (Å²) in [5.74, 6) is -0.0241. The van der Waals surface area contributed by atoms with Crippen LogP contribution in [-0.2, 0) is 14.8 Å². The van der Waals surface area contributed by atoms with E-state index in [2.05, 4.69) is 5.32 Å². The number of carbonyl (C=O) groups excluding carboxylic acids is 1. The van der Waals surface area contributed by atoms with E-state index in [0.29, 0.717) is 24.3 Å². The molecule has 0 saturated carbocycles. The van der Waals surface area contributed by atoms with Gasteiger partial charge in [-0.05, 0) is 31.0 Å². The number of aryl methyl sites for hydroxylation is 1. The molecule has 1 aromatic rings. The zero-order chi connectivity index (χ0) is 14.8. The van der Waals surface area contributed by atoms with E-state index in [-0.39, 0.29) is 24.6 Å². The molecule has 20 heavy (non-hydrogen) atoms. The van der Waals surface area contributed by atoms with Gasteiger partial charge in [0.1, 0.15) is 0 Å². The van der Waals surface area contributed by atoms with Crippen LogP contribution in [0.4, 0.5) is 11.4 Å². The highest BCUT2D eigenvalue weighted by atomic mass is 32.2. The molecule has 2 rings (SSSR count). The standard InChI is InChI=1S/C13H19N3O3S/c1-10-3-4-11(14)9-12(10)15-13(17)5-7-16-6-2-8-20(16,18)19/h3-4,9H,2,5-8,14H2,1H3,(H,15,17). The molecule has 1 aromatic carbocycles. The maximum Gasteiger partial charge on any atom is 0.225 e. The third-order valence-corrected chi connectivity index (χ3v) is 5.28. The van der Waals surface area contributed by atoms with Crippen molar-refractivity contribution in [2.24, 2.45) is 0 Å². The molecule has 1 heterocycles. The molecule has 1 aliphatic rings. The van der Waals surface area contributed by atoms with Gasteiger partial charge in [-0.25, -0.2) is 12.7 Å². The summed E-state index contributed by atoms with van der Waals surface area (Å²) in [6.45, 7) is 2.61. The molecule has 1 aliphatic heterocycles. The predicted octanol–water partition coefficient (Wildman–Crippen LogP) is 0.941. The predicted molar refractivity (Wildman–Crippen MR) is 78.8 cm³/mol. The van der Waals surface area contributed by atoms with Crippen LogP contribution in [-0.4, -0.2) is 37.5 Å². The van der Waals surface area contributed by atoms with Crippen molar-refractivity contribution in [1.29, 1.82) is 0 Å². The summed E-state index contributed by atoms with van der Waals surface area (Å²) >= 11 is 0. The normalized spacial score (nSPS) is 18.1. The number of hydrogen-bond acceptors (Lipinski definition) is 4. The molecular weight excluding hydrogens is 278 g/mol. The molecule has 1 saturated heterocycles. The molecule has 0 radical (unpaired) electrons. The van der Waals surface area contributed by atoms with E-state index in [1.165, 1.54) is 4.31 Å². The van der Waals surface area contributed by atoms with Gasteiger partial charge in [-0.2, -0.15) is 0 Å². The summed E-state index contributed by atoms with van der Waals surface area (Å²) in [7, 11) is -3.14. The first kappa shape index (κ1) is 14.8. The number of nitrogens with one attached hydrogen (secondary N) is 1. The number of amides is 1. The number of hydrogen-bond donors (Lipinski definition) is 2. The summed E-state index contributed by atoms with van der Waals surface area (Å²) in [5, 5.41) is 2.76. The van der Waals surface area contributed by atoms with Crippen molar-refractivity contribution in [3.05, 3.63) is 23.8 Å². The van der Waals surface area contributed by atoms with Gasteiger partial charge in [0.25, 0.3) is 0 Å². The van der Waals surface area contributed by atoms with Gasteiger partial charge in [-0.3, -0.25) is 4.79 Å². The highest BCUT2D eigenvalue weighted by Gasteiger charge is 2.28. The third kappa shape index (κ3) is 3.49. The fourth-order valence-electron chi connectivity index (χ4n) is 2.16. The number of carbonyl (C=O) groups is 1. The molecule has 7 heteroatoms. The van der Waals surface area contributed by atoms with E-state index < -0.39 is 10.0 Å². The van der Waals surface area contributed by atoms with Crippen LogP contribution >= 0.6 is 0 Å². The van der Waals surface area contributed by atoms with Gasteiger partial charge in [-0.1, -0.05) is 6.07 Å². The van der Waals surface area contributed by atoms with Crippen LogP contribution in [0.5, 0.6) is 0 Å². The van der Waals surface area contributed by atoms with Crippen molar-refractivity contribution in [3.63, 3.8) is 0 Å². The van der Waals surface area contributed by atoms with Crippen LogP contribution < -0.4 is 11.1 Å². The molecule has 0 atom stereocenters. The van der Waals surface area contributed by atoms with Crippen LogP contribution in [0.15, 0.2) is 18.2 Å². The van der Waals surface area contributed by atoms with Crippen LogP contribution in [0.3, 0.4) is 0 Å². The molecule has 0 aliphatic carbocycles. The zero-order valence-corrected chi connectivity index (χ0v) is 12.2. The lowest BCUT2D eigenvalue weighted by Gasteiger charge is -2.14. The van der Waals surface area contributed by atoms with Gasteiger partial charge in [0.05, 0.1) is 5.75 Å². The second-order valence-electron chi connectivity index (χ2n) is 4.94. The number of sulfonamides is 1. The highest BCUT2D eigenvalue weighted by molar-refractivity contribution is 7.89. The summed E-state index contributed by atoms with van der Waals surface area (Å²) in [4.78, 5) is 11.9. The Morgan fingerprint density at radius 2 is 2.20 bits per heavy atom. The topological polar surface area (TPSA) is 92.5 Å².